The van der Waals surface area contributed by atoms with Gasteiger partial charge in [-0.25, -0.2) is 0 Å². The molecule has 1 aliphatic rings. The van der Waals surface area contributed by atoms with Crippen LogP contribution in [-0.2, 0) is 6.54 Å². The lowest BCUT2D eigenvalue weighted by atomic mass is 9.80. The summed E-state index contributed by atoms with van der Waals surface area (Å²) < 4.78 is 5.29. The minimum atomic E-state index is -0.140. The normalized spacial score (nSPS) is 17.9. The van der Waals surface area contributed by atoms with Gasteiger partial charge >= 0.3 is 0 Å². The lowest BCUT2D eigenvalue weighted by molar-refractivity contribution is 0.0879. The first-order valence-electron chi connectivity index (χ1n) is 5.80. The van der Waals surface area contributed by atoms with E-state index in [4.69, 9.17) is 10.2 Å². The number of carbonyl (C=O) groups excluding carboxylic acids is 1. The summed E-state index contributed by atoms with van der Waals surface area (Å²) in [6, 6.07) is 3.64. The van der Waals surface area contributed by atoms with Gasteiger partial charge in [-0.2, -0.15) is 0 Å². The largest absolute Gasteiger partial charge is 0.455 e. The maximum atomic E-state index is 11.8. The summed E-state index contributed by atoms with van der Waals surface area (Å²) in [4.78, 5) is 11.8. The molecule has 0 aromatic carbocycles. The van der Waals surface area contributed by atoms with Crippen LogP contribution in [0, 0.1) is 5.92 Å². The second-order valence-electron chi connectivity index (χ2n) is 4.42. The van der Waals surface area contributed by atoms with Gasteiger partial charge in [-0.1, -0.05) is 6.42 Å². The maximum Gasteiger partial charge on any atom is 0.287 e. The SMILES string of the molecule is CC(NC(=O)c1ccc(CN)o1)C1CCC1. The Bertz CT molecular complexity index is 369. The van der Waals surface area contributed by atoms with E-state index in [-0.39, 0.29) is 11.9 Å². The van der Waals surface area contributed by atoms with E-state index in [0.29, 0.717) is 24.0 Å². The average molecular weight is 222 g/mol. The van der Waals surface area contributed by atoms with E-state index in [1.165, 1.54) is 19.3 Å². The summed E-state index contributed by atoms with van der Waals surface area (Å²) in [6.45, 7) is 2.37. The highest BCUT2D eigenvalue weighted by Gasteiger charge is 2.25. The standard InChI is InChI=1S/C12H18N2O2/c1-8(9-3-2-4-9)14-12(15)11-6-5-10(7-13)16-11/h5-6,8-9H,2-4,7,13H2,1H3,(H,14,15). The molecule has 1 aromatic heterocycles. The van der Waals surface area contributed by atoms with Gasteiger partial charge in [0.05, 0.1) is 6.54 Å². The molecule has 0 bridgehead atoms. The van der Waals surface area contributed by atoms with Crippen LogP contribution in [0.25, 0.3) is 0 Å². The molecule has 1 aliphatic carbocycles. The molecule has 1 atom stereocenters. The topological polar surface area (TPSA) is 68.3 Å². The first kappa shape index (κ1) is 11.2. The first-order valence-corrected chi connectivity index (χ1v) is 5.80. The fraction of sp³-hybridized carbons (Fsp3) is 0.583. The van der Waals surface area contributed by atoms with Crippen LogP contribution < -0.4 is 11.1 Å². The summed E-state index contributed by atoms with van der Waals surface area (Å²) in [5, 5.41) is 2.96. The van der Waals surface area contributed by atoms with Gasteiger partial charge in [0.15, 0.2) is 5.76 Å². The number of hydrogen-bond donors (Lipinski definition) is 2. The average Bonchev–Trinajstić information content (AvgIpc) is 2.62. The van der Waals surface area contributed by atoms with E-state index in [1.54, 1.807) is 12.1 Å². The van der Waals surface area contributed by atoms with Gasteiger partial charge in [0, 0.05) is 6.04 Å². The van der Waals surface area contributed by atoms with Crippen molar-refractivity contribution in [3.63, 3.8) is 0 Å². The number of hydrogen-bond acceptors (Lipinski definition) is 3. The zero-order valence-corrected chi connectivity index (χ0v) is 9.53. The van der Waals surface area contributed by atoms with Crippen LogP contribution in [0.4, 0.5) is 0 Å². The summed E-state index contributed by atoms with van der Waals surface area (Å²) in [7, 11) is 0. The lowest BCUT2D eigenvalue weighted by Gasteiger charge is -2.31. The number of amides is 1. The minimum absolute atomic E-state index is 0.140. The molecule has 0 spiro atoms. The Hall–Kier alpha value is -1.29. The van der Waals surface area contributed by atoms with Gasteiger partial charge in [0.25, 0.3) is 5.91 Å². The van der Waals surface area contributed by atoms with Crippen LogP contribution in [0.2, 0.25) is 0 Å². The first-order chi connectivity index (χ1) is 7.70. The molecule has 3 N–H and O–H groups in total. The second-order valence-corrected chi connectivity index (χ2v) is 4.42. The third-order valence-corrected chi connectivity index (χ3v) is 3.30. The highest BCUT2D eigenvalue weighted by atomic mass is 16.4. The van der Waals surface area contributed by atoms with Crippen LogP contribution in [0.1, 0.15) is 42.5 Å². The van der Waals surface area contributed by atoms with E-state index >= 15 is 0 Å². The Balaban J connectivity index is 1.91. The summed E-state index contributed by atoms with van der Waals surface area (Å²) in [5.74, 6) is 1.49. The van der Waals surface area contributed by atoms with E-state index in [1.807, 2.05) is 0 Å². The highest BCUT2D eigenvalue weighted by Crippen LogP contribution is 2.29. The van der Waals surface area contributed by atoms with Gasteiger partial charge in [-0.3, -0.25) is 4.79 Å². The van der Waals surface area contributed by atoms with Crippen molar-refractivity contribution >= 4 is 5.91 Å². The Morgan fingerprint density at radius 1 is 1.62 bits per heavy atom. The van der Waals surface area contributed by atoms with Crippen LogP contribution in [0.15, 0.2) is 16.5 Å². The van der Waals surface area contributed by atoms with Crippen molar-refractivity contribution in [3.05, 3.63) is 23.7 Å². The number of nitrogens with two attached hydrogens (primary N) is 1. The van der Waals surface area contributed by atoms with Gasteiger partial charge < -0.3 is 15.5 Å². The molecule has 2 rings (SSSR count). The van der Waals surface area contributed by atoms with Crippen molar-refractivity contribution in [2.45, 2.75) is 38.8 Å². The molecule has 0 saturated heterocycles. The molecule has 0 radical (unpaired) electrons. The molecule has 1 aromatic rings. The predicted octanol–water partition coefficient (Wildman–Crippen LogP) is 1.66. The van der Waals surface area contributed by atoms with Crippen LogP contribution >= 0.6 is 0 Å². The number of carbonyl (C=O) groups is 1. The van der Waals surface area contributed by atoms with Crippen LogP contribution in [0.5, 0.6) is 0 Å². The lowest BCUT2D eigenvalue weighted by Crippen LogP contribution is -2.40. The minimum Gasteiger partial charge on any atom is -0.455 e. The fourth-order valence-electron chi connectivity index (χ4n) is 1.95. The van der Waals surface area contributed by atoms with Crippen molar-refractivity contribution in [2.75, 3.05) is 0 Å². The predicted molar refractivity (Wildman–Crippen MR) is 60.9 cm³/mol. The van der Waals surface area contributed by atoms with Gasteiger partial charge in [0.1, 0.15) is 5.76 Å². The molecular formula is C12H18N2O2. The van der Waals surface area contributed by atoms with E-state index in [9.17, 15) is 4.79 Å². The molecule has 88 valence electrons. The Morgan fingerprint density at radius 2 is 2.38 bits per heavy atom. The monoisotopic (exact) mass is 222 g/mol. The molecule has 1 fully saturated rings. The van der Waals surface area contributed by atoms with E-state index in [2.05, 4.69) is 12.2 Å². The molecule has 1 saturated carbocycles. The van der Waals surface area contributed by atoms with Crippen molar-refractivity contribution in [1.29, 1.82) is 0 Å². The zero-order valence-electron chi connectivity index (χ0n) is 9.53. The molecule has 4 heteroatoms. The Kier molecular flexibility index (Phi) is 3.29. The third-order valence-electron chi connectivity index (χ3n) is 3.30. The van der Waals surface area contributed by atoms with Crippen molar-refractivity contribution in [2.24, 2.45) is 11.7 Å². The molecule has 16 heavy (non-hydrogen) atoms. The summed E-state index contributed by atoms with van der Waals surface area (Å²) in [5.41, 5.74) is 5.42. The smallest absolute Gasteiger partial charge is 0.287 e. The Labute approximate surface area is 95.2 Å². The van der Waals surface area contributed by atoms with Gasteiger partial charge in [0.2, 0.25) is 0 Å². The fourth-order valence-corrected chi connectivity index (χ4v) is 1.95. The van der Waals surface area contributed by atoms with E-state index < -0.39 is 0 Å². The number of nitrogens with one attached hydrogen (secondary N) is 1. The maximum absolute atomic E-state index is 11.8. The number of furan rings is 1. The summed E-state index contributed by atoms with van der Waals surface area (Å²) >= 11 is 0. The molecule has 1 unspecified atom stereocenters. The highest BCUT2D eigenvalue weighted by molar-refractivity contribution is 5.91. The molecule has 1 heterocycles. The summed E-state index contributed by atoms with van der Waals surface area (Å²) in [6.07, 6.45) is 3.71. The van der Waals surface area contributed by atoms with E-state index in [0.717, 1.165) is 0 Å². The molecule has 4 nitrogen and oxygen atoms in total. The van der Waals surface area contributed by atoms with Gasteiger partial charge in [-0.05, 0) is 37.8 Å². The molecule has 0 aliphatic heterocycles. The number of rotatable bonds is 4. The second kappa shape index (κ2) is 4.70. The van der Waals surface area contributed by atoms with Crippen LogP contribution in [-0.4, -0.2) is 11.9 Å². The Morgan fingerprint density at radius 3 is 2.88 bits per heavy atom. The molecule has 1 amide bonds. The van der Waals surface area contributed by atoms with Gasteiger partial charge in [-0.15, -0.1) is 0 Å². The van der Waals surface area contributed by atoms with Crippen LogP contribution in [0.3, 0.4) is 0 Å². The third kappa shape index (κ3) is 2.27. The zero-order chi connectivity index (χ0) is 11.5. The molecular weight excluding hydrogens is 204 g/mol. The van der Waals surface area contributed by atoms with Crippen molar-refractivity contribution in [1.82, 2.24) is 5.32 Å². The quantitative estimate of drug-likeness (QED) is 0.814. The van der Waals surface area contributed by atoms with Crippen molar-refractivity contribution < 1.29 is 9.21 Å². The van der Waals surface area contributed by atoms with Crippen molar-refractivity contribution in [3.8, 4) is 0 Å².